The summed E-state index contributed by atoms with van der Waals surface area (Å²) in [6.45, 7) is 6.51. The second-order valence-electron chi connectivity index (χ2n) is 5.08. The summed E-state index contributed by atoms with van der Waals surface area (Å²) in [6, 6.07) is 5.78. The number of fused-ring (bicyclic) bond motifs is 1. The molecule has 17 heavy (non-hydrogen) atoms. The summed E-state index contributed by atoms with van der Waals surface area (Å²) >= 11 is 0. The smallest absolute Gasteiger partial charge is 0.408 e. The molecule has 2 rings (SSSR count). The first-order chi connectivity index (χ1) is 7.90. The van der Waals surface area contributed by atoms with E-state index in [1.807, 2.05) is 39.0 Å². The minimum absolute atomic E-state index is 0.255. The van der Waals surface area contributed by atoms with E-state index in [0.29, 0.717) is 12.1 Å². The predicted molar refractivity (Wildman–Crippen MR) is 68.1 cm³/mol. The van der Waals surface area contributed by atoms with Crippen molar-refractivity contribution in [3.8, 4) is 0 Å². The molecule has 0 spiro atoms. The molecule has 0 saturated heterocycles. The number of nitrogens with zero attached hydrogens (tertiary/aromatic N) is 1. The standard InChI is InChI=1S/C13H18N2O2/c1-4-15-10-7-9(8-13(2,3)14)5-6-11(10)17-12(15)16/h5-7H,4,8,14H2,1-3H3. The fourth-order valence-corrected chi connectivity index (χ4v) is 2.04. The number of aryl methyl sites for hydroxylation is 1. The minimum Gasteiger partial charge on any atom is -0.408 e. The third kappa shape index (κ3) is 2.42. The van der Waals surface area contributed by atoms with Gasteiger partial charge in [-0.05, 0) is 44.9 Å². The molecule has 0 fully saturated rings. The van der Waals surface area contributed by atoms with Crippen LogP contribution < -0.4 is 11.5 Å². The van der Waals surface area contributed by atoms with Crippen LogP contribution in [0.25, 0.3) is 11.1 Å². The molecule has 4 nitrogen and oxygen atoms in total. The number of hydrogen-bond acceptors (Lipinski definition) is 3. The number of aromatic nitrogens is 1. The molecule has 1 heterocycles. The average molecular weight is 234 g/mol. The lowest BCUT2D eigenvalue weighted by Crippen LogP contribution is -2.34. The molecule has 2 aromatic rings. The first-order valence-corrected chi connectivity index (χ1v) is 5.82. The molecule has 4 heteroatoms. The molecule has 0 aliphatic carbocycles. The third-order valence-electron chi connectivity index (χ3n) is 2.71. The quantitative estimate of drug-likeness (QED) is 0.882. The fourth-order valence-electron chi connectivity index (χ4n) is 2.04. The molecule has 0 bridgehead atoms. The van der Waals surface area contributed by atoms with E-state index in [9.17, 15) is 4.79 Å². The molecule has 0 saturated carbocycles. The van der Waals surface area contributed by atoms with Crippen LogP contribution in [0.15, 0.2) is 27.4 Å². The molecule has 2 N–H and O–H groups in total. The summed E-state index contributed by atoms with van der Waals surface area (Å²) in [4.78, 5) is 11.5. The van der Waals surface area contributed by atoms with E-state index < -0.39 is 0 Å². The van der Waals surface area contributed by atoms with Crippen molar-refractivity contribution in [1.29, 1.82) is 0 Å². The molecule has 0 aliphatic heterocycles. The Bertz CT molecular complexity index is 587. The summed E-state index contributed by atoms with van der Waals surface area (Å²) in [5.41, 5.74) is 8.34. The van der Waals surface area contributed by atoms with E-state index in [1.54, 1.807) is 4.57 Å². The Hall–Kier alpha value is -1.55. The number of nitrogens with two attached hydrogens (primary N) is 1. The van der Waals surface area contributed by atoms with Gasteiger partial charge in [0, 0.05) is 12.1 Å². The first-order valence-electron chi connectivity index (χ1n) is 5.82. The molecule has 92 valence electrons. The van der Waals surface area contributed by atoms with Crippen LogP contribution in [0.2, 0.25) is 0 Å². The maximum Gasteiger partial charge on any atom is 0.419 e. The molecule has 0 unspecified atom stereocenters. The van der Waals surface area contributed by atoms with Gasteiger partial charge in [-0.25, -0.2) is 4.79 Å². The van der Waals surface area contributed by atoms with E-state index in [4.69, 9.17) is 10.2 Å². The summed E-state index contributed by atoms with van der Waals surface area (Å²) in [5, 5.41) is 0. The lowest BCUT2D eigenvalue weighted by molar-refractivity contribution is 0.513. The maximum atomic E-state index is 11.5. The largest absolute Gasteiger partial charge is 0.419 e. The molecule has 0 amide bonds. The minimum atomic E-state index is -0.299. The molecule has 0 radical (unpaired) electrons. The summed E-state index contributed by atoms with van der Waals surface area (Å²) in [6.07, 6.45) is 0.770. The number of benzene rings is 1. The van der Waals surface area contributed by atoms with E-state index in [1.165, 1.54) is 0 Å². The maximum absolute atomic E-state index is 11.5. The van der Waals surface area contributed by atoms with Crippen molar-refractivity contribution in [2.75, 3.05) is 0 Å². The zero-order valence-corrected chi connectivity index (χ0v) is 10.5. The van der Waals surface area contributed by atoms with E-state index in [2.05, 4.69) is 0 Å². The SMILES string of the molecule is CCn1c(=O)oc2ccc(CC(C)(C)N)cc21. The van der Waals surface area contributed by atoms with Gasteiger partial charge in [-0.2, -0.15) is 0 Å². The lowest BCUT2D eigenvalue weighted by Gasteiger charge is -2.18. The highest BCUT2D eigenvalue weighted by atomic mass is 16.4. The highest BCUT2D eigenvalue weighted by molar-refractivity contribution is 5.73. The highest BCUT2D eigenvalue weighted by Gasteiger charge is 2.14. The van der Waals surface area contributed by atoms with Crippen LogP contribution in [-0.2, 0) is 13.0 Å². The van der Waals surface area contributed by atoms with Crippen molar-refractivity contribution in [3.05, 3.63) is 34.3 Å². The van der Waals surface area contributed by atoms with E-state index in [0.717, 1.165) is 17.5 Å². The van der Waals surface area contributed by atoms with Gasteiger partial charge < -0.3 is 10.2 Å². The Balaban J connectivity index is 2.52. The van der Waals surface area contributed by atoms with E-state index in [-0.39, 0.29) is 11.3 Å². The number of hydrogen-bond donors (Lipinski definition) is 1. The fraction of sp³-hybridized carbons (Fsp3) is 0.462. The average Bonchev–Trinajstić information content (AvgIpc) is 2.50. The van der Waals surface area contributed by atoms with Gasteiger partial charge in [0.25, 0.3) is 0 Å². The molecule has 1 aromatic carbocycles. The second-order valence-corrected chi connectivity index (χ2v) is 5.08. The number of rotatable bonds is 3. The Morgan fingerprint density at radius 2 is 2.12 bits per heavy atom. The summed E-state index contributed by atoms with van der Waals surface area (Å²) in [7, 11) is 0. The molecule has 1 aromatic heterocycles. The Morgan fingerprint density at radius 1 is 1.41 bits per heavy atom. The normalized spacial score (nSPS) is 12.2. The van der Waals surface area contributed by atoms with Crippen LogP contribution in [0, 0.1) is 0 Å². The van der Waals surface area contributed by atoms with Gasteiger partial charge >= 0.3 is 5.76 Å². The van der Waals surface area contributed by atoms with Crippen molar-refractivity contribution >= 4 is 11.1 Å². The summed E-state index contributed by atoms with van der Waals surface area (Å²) < 4.78 is 6.78. The van der Waals surface area contributed by atoms with E-state index >= 15 is 0 Å². The predicted octanol–water partition coefficient (Wildman–Crippen LogP) is 1.89. The van der Waals surface area contributed by atoms with Crippen molar-refractivity contribution < 1.29 is 4.42 Å². The number of oxazole rings is 1. The van der Waals surface area contributed by atoms with Gasteiger partial charge in [-0.15, -0.1) is 0 Å². The van der Waals surface area contributed by atoms with Crippen LogP contribution in [0.3, 0.4) is 0 Å². The Labute approximate surface area is 100 Å². The van der Waals surface area contributed by atoms with Gasteiger partial charge in [0.15, 0.2) is 5.58 Å². The molecular formula is C13H18N2O2. The second kappa shape index (κ2) is 4.04. The Kier molecular flexibility index (Phi) is 2.83. The van der Waals surface area contributed by atoms with Crippen molar-refractivity contribution in [1.82, 2.24) is 4.57 Å². The van der Waals surface area contributed by atoms with Crippen molar-refractivity contribution in [2.45, 2.75) is 39.3 Å². The monoisotopic (exact) mass is 234 g/mol. The van der Waals surface area contributed by atoms with Crippen LogP contribution in [0.4, 0.5) is 0 Å². The van der Waals surface area contributed by atoms with Crippen molar-refractivity contribution in [2.24, 2.45) is 5.73 Å². The summed E-state index contributed by atoms with van der Waals surface area (Å²) in [5.74, 6) is -0.299. The van der Waals surface area contributed by atoms with Crippen LogP contribution in [-0.4, -0.2) is 10.1 Å². The van der Waals surface area contributed by atoms with Crippen molar-refractivity contribution in [3.63, 3.8) is 0 Å². The van der Waals surface area contributed by atoms with Gasteiger partial charge in [0.1, 0.15) is 0 Å². The first kappa shape index (κ1) is 11.9. The Morgan fingerprint density at radius 3 is 2.71 bits per heavy atom. The van der Waals surface area contributed by atoms with Gasteiger partial charge in [-0.1, -0.05) is 6.07 Å². The van der Waals surface area contributed by atoms with Crippen LogP contribution in [0.1, 0.15) is 26.3 Å². The molecule has 0 aliphatic rings. The molecule has 0 atom stereocenters. The van der Waals surface area contributed by atoms with Crippen LogP contribution >= 0.6 is 0 Å². The third-order valence-corrected chi connectivity index (χ3v) is 2.71. The van der Waals surface area contributed by atoms with Gasteiger partial charge in [0.05, 0.1) is 5.52 Å². The highest BCUT2D eigenvalue weighted by Crippen LogP contribution is 2.18. The topological polar surface area (TPSA) is 61.2 Å². The zero-order valence-electron chi connectivity index (χ0n) is 10.5. The lowest BCUT2D eigenvalue weighted by atomic mass is 9.96. The molecular weight excluding hydrogens is 216 g/mol. The van der Waals surface area contributed by atoms with Gasteiger partial charge in [-0.3, -0.25) is 4.57 Å². The van der Waals surface area contributed by atoms with Gasteiger partial charge in [0.2, 0.25) is 0 Å². The van der Waals surface area contributed by atoms with Crippen LogP contribution in [0.5, 0.6) is 0 Å². The zero-order chi connectivity index (χ0) is 12.6.